The SMILES string of the molecule is CCCC(C)CNCF.Fc1ccc(-c2c(F)c(F)c(F)c(F)c2F)c(F)c1F. The molecule has 0 aliphatic carbocycles. The van der Waals surface area contributed by atoms with E-state index in [-0.39, 0.29) is 0 Å². The highest BCUT2D eigenvalue weighted by Crippen LogP contribution is 2.34. The van der Waals surface area contributed by atoms with Crippen LogP contribution in [0.4, 0.5) is 39.5 Å². The fraction of sp³-hybridized carbons (Fsp3) is 0.368. The monoisotopic (exact) mass is 431 g/mol. The van der Waals surface area contributed by atoms with E-state index in [1.807, 2.05) is 0 Å². The summed E-state index contributed by atoms with van der Waals surface area (Å²) in [7, 11) is 0. The van der Waals surface area contributed by atoms with Gasteiger partial charge in [0.25, 0.3) is 0 Å². The molecule has 0 saturated heterocycles. The Morgan fingerprint density at radius 2 is 1.28 bits per heavy atom. The molecule has 1 N–H and O–H groups in total. The van der Waals surface area contributed by atoms with Crippen molar-refractivity contribution in [3.05, 3.63) is 58.7 Å². The largest absolute Gasteiger partial charge is 0.290 e. The summed E-state index contributed by atoms with van der Waals surface area (Å²) in [5.74, 6) is -17.0. The molecule has 0 amide bonds. The first kappa shape index (κ1) is 24.8. The van der Waals surface area contributed by atoms with Crippen LogP contribution >= 0.6 is 0 Å². The van der Waals surface area contributed by atoms with Crippen LogP contribution in [0.25, 0.3) is 11.1 Å². The Morgan fingerprint density at radius 1 is 0.759 bits per heavy atom. The van der Waals surface area contributed by atoms with Gasteiger partial charge in [0.1, 0.15) is 6.80 Å². The van der Waals surface area contributed by atoms with Gasteiger partial charge in [-0.25, -0.2) is 39.5 Å². The lowest BCUT2D eigenvalue weighted by atomic mass is 10.0. The maximum Gasteiger partial charge on any atom is 0.200 e. The second-order valence-electron chi connectivity index (χ2n) is 6.15. The highest BCUT2D eigenvalue weighted by molar-refractivity contribution is 5.66. The summed E-state index contributed by atoms with van der Waals surface area (Å²) in [6, 6.07) is 0.665. The molecule has 0 aliphatic rings. The molecule has 29 heavy (non-hydrogen) atoms. The van der Waals surface area contributed by atoms with Crippen molar-refractivity contribution in [2.75, 3.05) is 13.3 Å². The zero-order valence-corrected chi connectivity index (χ0v) is 15.5. The van der Waals surface area contributed by atoms with Crippen LogP contribution in [0.5, 0.6) is 0 Å². The molecule has 0 aromatic heterocycles. The van der Waals surface area contributed by atoms with Gasteiger partial charge in [0, 0.05) is 12.1 Å². The summed E-state index contributed by atoms with van der Waals surface area (Å²) < 4.78 is 116. The van der Waals surface area contributed by atoms with Gasteiger partial charge in [0.05, 0.1) is 5.56 Å². The minimum Gasteiger partial charge on any atom is -0.290 e. The molecule has 2 aromatic rings. The van der Waals surface area contributed by atoms with Crippen molar-refractivity contribution in [2.24, 2.45) is 5.92 Å². The first-order valence-corrected chi connectivity index (χ1v) is 8.50. The average Bonchev–Trinajstić information content (AvgIpc) is 2.70. The lowest BCUT2D eigenvalue weighted by Gasteiger charge is -2.09. The zero-order chi connectivity index (χ0) is 22.3. The third kappa shape index (κ3) is 5.88. The Kier molecular flexibility index (Phi) is 9.48. The molecule has 0 bridgehead atoms. The smallest absolute Gasteiger partial charge is 0.200 e. The molecule has 0 fully saturated rings. The maximum absolute atomic E-state index is 13.4. The number of hydrogen-bond donors (Lipinski definition) is 1. The van der Waals surface area contributed by atoms with Gasteiger partial charge in [-0.2, -0.15) is 0 Å². The summed E-state index contributed by atoms with van der Waals surface area (Å²) in [4.78, 5) is 0. The van der Waals surface area contributed by atoms with Gasteiger partial charge >= 0.3 is 0 Å². The third-order valence-corrected chi connectivity index (χ3v) is 3.88. The minimum absolute atomic E-state index is 0.297. The van der Waals surface area contributed by atoms with Gasteiger partial charge in [0.2, 0.25) is 5.82 Å². The Balaban J connectivity index is 0.000000396. The van der Waals surface area contributed by atoms with Gasteiger partial charge in [-0.1, -0.05) is 20.3 Å². The van der Waals surface area contributed by atoms with E-state index in [2.05, 4.69) is 19.2 Å². The predicted octanol–water partition coefficient (Wildman–Crippen LogP) is 6.41. The molecule has 0 aliphatic heterocycles. The molecule has 0 saturated carbocycles. The van der Waals surface area contributed by atoms with Crippen molar-refractivity contribution >= 4 is 0 Å². The van der Waals surface area contributed by atoms with E-state index in [1.165, 1.54) is 12.8 Å². The maximum atomic E-state index is 13.4. The second-order valence-corrected chi connectivity index (χ2v) is 6.15. The van der Waals surface area contributed by atoms with E-state index in [4.69, 9.17) is 0 Å². The Bertz CT molecular complexity index is 810. The number of halogens is 9. The van der Waals surface area contributed by atoms with Gasteiger partial charge in [-0.15, -0.1) is 0 Å². The van der Waals surface area contributed by atoms with E-state index in [1.54, 1.807) is 0 Å². The molecule has 0 radical (unpaired) electrons. The topological polar surface area (TPSA) is 12.0 Å². The molecular formula is C19H18F9N. The fourth-order valence-corrected chi connectivity index (χ4v) is 2.46. The standard InChI is InChI=1S/C12H2F8.C7H16FN/c13-4-2-1-3(6(14)7(4)15)5-8(16)10(18)12(20)11(19)9(5)17;1-3-4-7(2)5-9-6-8/h1-2H;7,9H,3-6H2,1-2H3. The summed E-state index contributed by atoms with van der Waals surface area (Å²) in [5, 5.41) is 2.67. The molecule has 10 heteroatoms. The van der Waals surface area contributed by atoms with Crippen LogP contribution in [-0.2, 0) is 0 Å². The van der Waals surface area contributed by atoms with Crippen LogP contribution in [-0.4, -0.2) is 13.3 Å². The molecule has 1 unspecified atom stereocenters. The van der Waals surface area contributed by atoms with E-state index >= 15 is 0 Å². The number of alkyl halides is 1. The van der Waals surface area contributed by atoms with Gasteiger partial charge in [-0.05, 0) is 24.5 Å². The van der Waals surface area contributed by atoms with Gasteiger partial charge < -0.3 is 0 Å². The molecule has 1 nitrogen and oxygen atoms in total. The normalized spacial score (nSPS) is 11.8. The van der Waals surface area contributed by atoms with Crippen molar-refractivity contribution in [1.82, 2.24) is 5.32 Å². The van der Waals surface area contributed by atoms with Crippen molar-refractivity contribution in [3.8, 4) is 11.1 Å². The summed E-state index contributed by atoms with van der Waals surface area (Å²) >= 11 is 0. The van der Waals surface area contributed by atoms with Crippen molar-refractivity contribution in [1.29, 1.82) is 0 Å². The predicted molar refractivity (Wildman–Crippen MR) is 89.6 cm³/mol. The molecule has 0 heterocycles. The van der Waals surface area contributed by atoms with Crippen LogP contribution in [0.3, 0.4) is 0 Å². The summed E-state index contributed by atoms with van der Waals surface area (Å²) in [6.45, 7) is 4.69. The van der Waals surface area contributed by atoms with Crippen LogP contribution in [0.2, 0.25) is 0 Å². The third-order valence-electron chi connectivity index (χ3n) is 3.88. The molecule has 0 spiro atoms. The molecule has 1 atom stereocenters. The van der Waals surface area contributed by atoms with Gasteiger partial charge in [0.15, 0.2) is 40.7 Å². The highest BCUT2D eigenvalue weighted by atomic mass is 19.2. The van der Waals surface area contributed by atoms with E-state index in [0.29, 0.717) is 18.1 Å². The zero-order valence-electron chi connectivity index (χ0n) is 15.5. The van der Waals surface area contributed by atoms with Crippen LogP contribution in [0.1, 0.15) is 26.7 Å². The van der Waals surface area contributed by atoms with Crippen molar-refractivity contribution in [3.63, 3.8) is 0 Å². The lowest BCUT2D eigenvalue weighted by Crippen LogP contribution is -2.19. The van der Waals surface area contributed by atoms with E-state index in [9.17, 15) is 39.5 Å². The van der Waals surface area contributed by atoms with Crippen LogP contribution in [0.15, 0.2) is 12.1 Å². The second kappa shape index (κ2) is 11.1. The first-order chi connectivity index (χ1) is 13.6. The van der Waals surface area contributed by atoms with E-state index < -0.39 is 64.5 Å². The van der Waals surface area contributed by atoms with Crippen LogP contribution < -0.4 is 5.32 Å². The molecular weight excluding hydrogens is 413 g/mol. The van der Waals surface area contributed by atoms with Crippen LogP contribution in [0, 0.1) is 52.5 Å². The number of benzene rings is 2. The minimum atomic E-state index is -2.44. The Hall–Kier alpha value is -2.23. The average molecular weight is 431 g/mol. The first-order valence-electron chi connectivity index (χ1n) is 8.50. The number of nitrogens with one attached hydrogen (secondary N) is 1. The van der Waals surface area contributed by atoms with Crippen molar-refractivity contribution < 1.29 is 39.5 Å². The molecule has 2 aromatic carbocycles. The summed E-state index contributed by atoms with van der Waals surface area (Å²) in [6.07, 6.45) is 2.38. The Labute approximate surface area is 161 Å². The molecule has 162 valence electrons. The summed E-state index contributed by atoms with van der Waals surface area (Å²) in [5.41, 5.74) is -2.95. The number of rotatable bonds is 6. The van der Waals surface area contributed by atoms with E-state index in [0.717, 1.165) is 6.54 Å². The Morgan fingerprint density at radius 3 is 1.76 bits per heavy atom. The lowest BCUT2D eigenvalue weighted by molar-refractivity contribution is 0.380. The fourth-order valence-electron chi connectivity index (χ4n) is 2.46. The number of hydrogen-bond acceptors (Lipinski definition) is 1. The highest BCUT2D eigenvalue weighted by Gasteiger charge is 2.29. The molecule has 2 rings (SSSR count). The van der Waals surface area contributed by atoms with Gasteiger partial charge in [-0.3, -0.25) is 5.32 Å². The van der Waals surface area contributed by atoms with Crippen molar-refractivity contribution in [2.45, 2.75) is 26.7 Å². The quantitative estimate of drug-likeness (QED) is 0.241.